The molecule has 0 unspecified atom stereocenters. The molecule has 4 nitrogen and oxygen atoms in total. The predicted molar refractivity (Wildman–Crippen MR) is 75.8 cm³/mol. The summed E-state index contributed by atoms with van der Waals surface area (Å²) in [4.78, 5) is 23.5. The lowest BCUT2D eigenvalue weighted by molar-refractivity contribution is -0.137. The van der Waals surface area contributed by atoms with E-state index in [1.807, 2.05) is 38.1 Å². The SMILES string of the molecule is CCc1sc(=O)n(CC(=O)O)c1-c1ccc(C)cc1. The minimum Gasteiger partial charge on any atom is -0.480 e. The average molecular weight is 277 g/mol. The average Bonchev–Trinajstić information content (AvgIpc) is 2.67. The fourth-order valence-electron chi connectivity index (χ4n) is 2.00. The molecule has 1 N–H and O–H groups in total. The Bertz CT molecular complexity index is 652. The van der Waals surface area contributed by atoms with Gasteiger partial charge in [0.15, 0.2) is 0 Å². The van der Waals surface area contributed by atoms with Crippen LogP contribution in [0.5, 0.6) is 0 Å². The fourth-order valence-corrected chi connectivity index (χ4v) is 2.94. The molecule has 0 fully saturated rings. The Morgan fingerprint density at radius 3 is 2.47 bits per heavy atom. The summed E-state index contributed by atoms with van der Waals surface area (Å²) in [7, 11) is 0. The van der Waals surface area contributed by atoms with Crippen molar-refractivity contribution >= 4 is 17.3 Å². The summed E-state index contributed by atoms with van der Waals surface area (Å²) in [6, 6.07) is 7.77. The van der Waals surface area contributed by atoms with E-state index in [1.165, 1.54) is 4.57 Å². The van der Waals surface area contributed by atoms with Crippen LogP contribution in [0.2, 0.25) is 0 Å². The zero-order chi connectivity index (χ0) is 14.0. The van der Waals surface area contributed by atoms with Gasteiger partial charge in [0, 0.05) is 4.88 Å². The van der Waals surface area contributed by atoms with E-state index in [0.717, 1.165) is 39.5 Å². The Labute approximate surface area is 115 Å². The van der Waals surface area contributed by atoms with Crippen LogP contribution in [0.3, 0.4) is 0 Å². The Hall–Kier alpha value is -1.88. The maximum absolute atomic E-state index is 11.9. The molecule has 0 amide bonds. The van der Waals surface area contributed by atoms with Crippen LogP contribution in [0.25, 0.3) is 11.3 Å². The lowest BCUT2D eigenvalue weighted by Crippen LogP contribution is -2.19. The van der Waals surface area contributed by atoms with E-state index in [0.29, 0.717) is 0 Å². The van der Waals surface area contributed by atoms with Crippen LogP contribution >= 0.6 is 11.3 Å². The third-order valence-electron chi connectivity index (χ3n) is 2.90. The maximum atomic E-state index is 11.9. The first-order valence-corrected chi connectivity index (χ1v) is 6.86. The zero-order valence-electron chi connectivity index (χ0n) is 10.8. The fraction of sp³-hybridized carbons (Fsp3) is 0.286. The van der Waals surface area contributed by atoms with Gasteiger partial charge in [-0.15, -0.1) is 0 Å². The first-order valence-electron chi connectivity index (χ1n) is 6.04. The molecule has 0 aliphatic carbocycles. The maximum Gasteiger partial charge on any atom is 0.323 e. The molecule has 0 radical (unpaired) electrons. The van der Waals surface area contributed by atoms with Crippen LogP contribution in [0, 0.1) is 6.92 Å². The van der Waals surface area contributed by atoms with Crippen molar-refractivity contribution in [2.24, 2.45) is 0 Å². The molecule has 0 aliphatic rings. The van der Waals surface area contributed by atoms with Crippen LogP contribution in [-0.2, 0) is 17.8 Å². The topological polar surface area (TPSA) is 59.3 Å². The Kier molecular flexibility index (Phi) is 3.85. The summed E-state index contributed by atoms with van der Waals surface area (Å²) >= 11 is 1.13. The smallest absolute Gasteiger partial charge is 0.323 e. The minimum atomic E-state index is -1.00. The molecule has 0 saturated carbocycles. The van der Waals surface area contributed by atoms with E-state index < -0.39 is 5.97 Å². The quantitative estimate of drug-likeness (QED) is 0.934. The molecule has 2 aromatic rings. The van der Waals surface area contributed by atoms with Crippen LogP contribution < -0.4 is 4.87 Å². The van der Waals surface area contributed by atoms with Gasteiger partial charge in [-0.3, -0.25) is 14.2 Å². The van der Waals surface area contributed by atoms with Gasteiger partial charge in [0.2, 0.25) is 0 Å². The molecule has 2 rings (SSSR count). The molecule has 0 bridgehead atoms. The summed E-state index contributed by atoms with van der Waals surface area (Å²) in [5.41, 5.74) is 2.76. The van der Waals surface area contributed by atoms with Crippen LogP contribution in [-0.4, -0.2) is 15.6 Å². The monoisotopic (exact) mass is 277 g/mol. The van der Waals surface area contributed by atoms with Gasteiger partial charge in [-0.1, -0.05) is 48.1 Å². The summed E-state index contributed by atoms with van der Waals surface area (Å²) in [6.07, 6.45) is 0.718. The van der Waals surface area contributed by atoms with Crippen LogP contribution in [0.4, 0.5) is 0 Å². The Morgan fingerprint density at radius 1 is 1.32 bits per heavy atom. The number of carbonyl (C=O) groups is 1. The highest BCUT2D eigenvalue weighted by molar-refractivity contribution is 7.09. The number of thiazole rings is 1. The van der Waals surface area contributed by atoms with Crippen molar-refractivity contribution in [2.45, 2.75) is 26.8 Å². The Morgan fingerprint density at radius 2 is 1.95 bits per heavy atom. The second kappa shape index (κ2) is 5.40. The van der Waals surface area contributed by atoms with E-state index >= 15 is 0 Å². The number of hydrogen-bond donors (Lipinski definition) is 1. The van der Waals surface area contributed by atoms with Crippen molar-refractivity contribution in [3.05, 3.63) is 44.4 Å². The number of aryl methyl sites for hydroxylation is 2. The first kappa shape index (κ1) is 13.5. The number of aromatic nitrogens is 1. The van der Waals surface area contributed by atoms with Gasteiger partial charge in [-0.2, -0.15) is 0 Å². The number of aliphatic carboxylic acids is 1. The standard InChI is InChI=1S/C14H15NO3S/c1-3-11-13(10-6-4-9(2)5-7-10)15(8-12(16)17)14(18)19-11/h4-7H,3,8H2,1-2H3,(H,16,17). The van der Waals surface area contributed by atoms with Gasteiger partial charge >= 0.3 is 10.8 Å². The van der Waals surface area contributed by atoms with Gasteiger partial charge in [-0.05, 0) is 18.9 Å². The van der Waals surface area contributed by atoms with Crippen molar-refractivity contribution in [2.75, 3.05) is 0 Å². The van der Waals surface area contributed by atoms with Crippen molar-refractivity contribution in [3.63, 3.8) is 0 Å². The van der Waals surface area contributed by atoms with E-state index in [-0.39, 0.29) is 11.4 Å². The van der Waals surface area contributed by atoms with E-state index in [1.54, 1.807) is 0 Å². The third-order valence-corrected chi connectivity index (χ3v) is 4.03. The summed E-state index contributed by atoms with van der Waals surface area (Å²) in [5, 5.41) is 8.93. The predicted octanol–water partition coefficient (Wildman–Crippen LogP) is 2.53. The molecule has 1 aromatic carbocycles. The number of carboxylic acid groups (broad SMARTS) is 1. The molecule has 100 valence electrons. The van der Waals surface area contributed by atoms with Gasteiger partial charge in [0.05, 0.1) is 5.69 Å². The number of rotatable bonds is 4. The molecule has 1 aromatic heterocycles. The molecule has 19 heavy (non-hydrogen) atoms. The summed E-state index contributed by atoms with van der Waals surface area (Å²) < 4.78 is 1.34. The molecular weight excluding hydrogens is 262 g/mol. The molecular formula is C14H15NO3S. The highest BCUT2D eigenvalue weighted by Crippen LogP contribution is 2.26. The van der Waals surface area contributed by atoms with E-state index in [9.17, 15) is 9.59 Å². The molecule has 0 aliphatic heterocycles. The minimum absolute atomic E-state index is 0.213. The third kappa shape index (κ3) is 2.76. The van der Waals surface area contributed by atoms with Gasteiger partial charge in [0.25, 0.3) is 0 Å². The normalized spacial score (nSPS) is 10.6. The molecule has 5 heteroatoms. The van der Waals surface area contributed by atoms with Crippen molar-refractivity contribution in [1.29, 1.82) is 0 Å². The highest BCUT2D eigenvalue weighted by Gasteiger charge is 2.17. The summed E-state index contributed by atoms with van der Waals surface area (Å²) in [5.74, 6) is -1.00. The van der Waals surface area contributed by atoms with Crippen molar-refractivity contribution in [3.8, 4) is 11.3 Å². The Balaban J connectivity index is 2.62. The molecule has 0 atom stereocenters. The van der Waals surface area contributed by atoms with Crippen molar-refractivity contribution in [1.82, 2.24) is 4.57 Å². The lowest BCUT2D eigenvalue weighted by atomic mass is 10.1. The number of carboxylic acids is 1. The van der Waals surface area contributed by atoms with Crippen molar-refractivity contribution < 1.29 is 9.90 Å². The largest absolute Gasteiger partial charge is 0.480 e. The number of hydrogen-bond acceptors (Lipinski definition) is 3. The zero-order valence-corrected chi connectivity index (χ0v) is 11.7. The second-order valence-electron chi connectivity index (χ2n) is 4.34. The molecule has 1 heterocycles. The van der Waals surface area contributed by atoms with Gasteiger partial charge < -0.3 is 5.11 Å². The van der Waals surface area contributed by atoms with Crippen LogP contribution in [0.1, 0.15) is 17.4 Å². The summed E-state index contributed by atoms with van der Waals surface area (Å²) in [6.45, 7) is 3.66. The van der Waals surface area contributed by atoms with E-state index in [2.05, 4.69) is 0 Å². The van der Waals surface area contributed by atoms with Gasteiger partial charge in [0.1, 0.15) is 6.54 Å². The van der Waals surface area contributed by atoms with E-state index in [4.69, 9.17) is 5.11 Å². The second-order valence-corrected chi connectivity index (χ2v) is 5.39. The first-order chi connectivity index (χ1) is 9.02. The van der Waals surface area contributed by atoms with Gasteiger partial charge in [-0.25, -0.2) is 0 Å². The molecule has 0 saturated heterocycles. The van der Waals surface area contributed by atoms with Crippen LogP contribution in [0.15, 0.2) is 29.1 Å². The lowest BCUT2D eigenvalue weighted by Gasteiger charge is -2.08. The highest BCUT2D eigenvalue weighted by atomic mass is 32.1. The molecule has 0 spiro atoms. The number of nitrogens with zero attached hydrogens (tertiary/aromatic N) is 1. The number of benzene rings is 1.